The number of carbonyl (C=O) groups excluding carboxylic acids is 1. The van der Waals surface area contributed by atoms with Gasteiger partial charge in [0.25, 0.3) is 0 Å². The molecule has 2 aliphatic heterocycles. The van der Waals surface area contributed by atoms with Gasteiger partial charge in [-0.1, -0.05) is 0 Å². The zero-order valence-electron chi connectivity index (χ0n) is 11.6. The van der Waals surface area contributed by atoms with E-state index >= 15 is 0 Å². The summed E-state index contributed by atoms with van der Waals surface area (Å²) in [5.41, 5.74) is 0.923. The average Bonchev–Trinajstić information content (AvgIpc) is 3.02. The van der Waals surface area contributed by atoms with Gasteiger partial charge >= 0.3 is 0 Å². The summed E-state index contributed by atoms with van der Waals surface area (Å²) in [7, 11) is 0. The number of nitrogens with zero attached hydrogens (tertiary/aromatic N) is 4. The second-order valence-electron chi connectivity index (χ2n) is 5.12. The van der Waals surface area contributed by atoms with E-state index < -0.39 is 0 Å². The van der Waals surface area contributed by atoms with Gasteiger partial charge in [-0.15, -0.1) is 16.9 Å². The second-order valence-corrected chi connectivity index (χ2v) is 6.15. The van der Waals surface area contributed by atoms with E-state index in [2.05, 4.69) is 20.4 Å². The zero-order chi connectivity index (χ0) is 13.9. The third-order valence-electron chi connectivity index (χ3n) is 3.71. The van der Waals surface area contributed by atoms with Crippen LogP contribution in [0.15, 0.2) is 12.1 Å². The first-order chi connectivity index (χ1) is 9.74. The molecule has 1 unspecified atom stereocenters. The summed E-state index contributed by atoms with van der Waals surface area (Å²) in [6.07, 6.45) is 0. The number of amides is 1. The average molecular weight is 293 g/mol. The van der Waals surface area contributed by atoms with Gasteiger partial charge in [-0.3, -0.25) is 10.1 Å². The van der Waals surface area contributed by atoms with Crippen LogP contribution in [0.1, 0.15) is 5.69 Å². The van der Waals surface area contributed by atoms with Crippen LogP contribution in [0.3, 0.4) is 0 Å². The van der Waals surface area contributed by atoms with Crippen molar-refractivity contribution >= 4 is 23.5 Å². The van der Waals surface area contributed by atoms with Crippen LogP contribution in [0, 0.1) is 6.92 Å². The van der Waals surface area contributed by atoms with E-state index in [9.17, 15) is 4.79 Å². The molecule has 1 aromatic rings. The maximum Gasteiger partial charge on any atom is 0.240 e. The topological polar surface area (TPSA) is 61.4 Å². The Morgan fingerprint density at radius 3 is 2.70 bits per heavy atom. The third-order valence-corrected chi connectivity index (χ3v) is 4.65. The molecule has 20 heavy (non-hydrogen) atoms. The standard InChI is InChI=1S/C13H19N5OS/c1-10-2-3-12(16-15-10)17-4-6-18(7-5-17)13(19)11-8-20-9-14-11/h2-3,11,14H,4-9H2,1H3. The summed E-state index contributed by atoms with van der Waals surface area (Å²) in [6.45, 7) is 5.10. The fourth-order valence-corrected chi connectivity index (χ4v) is 3.42. The summed E-state index contributed by atoms with van der Waals surface area (Å²) >= 11 is 1.79. The van der Waals surface area contributed by atoms with Crippen molar-refractivity contribution in [2.75, 3.05) is 42.7 Å². The lowest BCUT2D eigenvalue weighted by atomic mass is 10.2. The molecule has 3 rings (SSSR count). The lowest BCUT2D eigenvalue weighted by Crippen LogP contribution is -2.53. The molecule has 1 aromatic heterocycles. The van der Waals surface area contributed by atoms with Crippen LogP contribution in [-0.2, 0) is 4.79 Å². The van der Waals surface area contributed by atoms with Gasteiger partial charge in [0.15, 0.2) is 5.82 Å². The number of piperazine rings is 1. The van der Waals surface area contributed by atoms with Crippen LogP contribution in [0.25, 0.3) is 0 Å². The van der Waals surface area contributed by atoms with E-state index in [1.165, 1.54) is 0 Å². The van der Waals surface area contributed by atoms with Crippen LogP contribution in [-0.4, -0.2) is 64.9 Å². The molecule has 2 saturated heterocycles. The Bertz CT molecular complexity index is 466. The number of aromatic nitrogens is 2. The van der Waals surface area contributed by atoms with Crippen molar-refractivity contribution in [2.45, 2.75) is 13.0 Å². The van der Waals surface area contributed by atoms with Crippen molar-refractivity contribution < 1.29 is 4.79 Å². The lowest BCUT2D eigenvalue weighted by Gasteiger charge is -2.36. The quantitative estimate of drug-likeness (QED) is 0.834. The van der Waals surface area contributed by atoms with E-state index in [0.717, 1.165) is 49.3 Å². The van der Waals surface area contributed by atoms with Crippen LogP contribution >= 0.6 is 11.8 Å². The van der Waals surface area contributed by atoms with Gasteiger partial charge in [0.1, 0.15) is 0 Å². The first kappa shape index (κ1) is 13.6. The fraction of sp³-hybridized carbons (Fsp3) is 0.615. The monoisotopic (exact) mass is 293 g/mol. The molecule has 3 heterocycles. The maximum atomic E-state index is 12.3. The van der Waals surface area contributed by atoms with E-state index in [-0.39, 0.29) is 11.9 Å². The Balaban J connectivity index is 1.56. The minimum atomic E-state index is 0.00529. The van der Waals surface area contributed by atoms with Crippen LogP contribution in [0.2, 0.25) is 0 Å². The second kappa shape index (κ2) is 5.97. The first-order valence-corrected chi connectivity index (χ1v) is 8.05. The highest BCUT2D eigenvalue weighted by Gasteiger charge is 2.29. The highest BCUT2D eigenvalue weighted by atomic mass is 32.2. The molecule has 1 atom stereocenters. The number of hydrogen-bond donors (Lipinski definition) is 1. The van der Waals surface area contributed by atoms with Crippen LogP contribution < -0.4 is 10.2 Å². The van der Waals surface area contributed by atoms with Crippen LogP contribution in [0.5, 0.6) is 0 Å². The minimum absolute atomic E-state index is 0.00529. The van der Waals surface area contributed by atoms with Gasteiger partial charge in [-0.2, -0.15) is 5.10 Å². The number of aryl methyl sites for hydroxylation is 1. The van der Waals surface area contributed by atoms with Crippen molar-refractivity contribution in [1.29, 1.82) is 0 Å². The Morgan fingerprint density at radius 1 is 1.30 bits per heavy atom. The Kier molecular flexibility index (Phi) is 4.07. The third kappa shape index (κ3) is 2.88. The van der Waals surface area contributed by atoms with E-state index in [0.29, 0.717) is 0 Å². The molecule has 1 N–H and O–H groups in total. The number of carbonyl (C=O) groups is 1. The normalized spacial score (nSPS) is 23.1. The van der Waals surface area contributed by atoms with E-state index in [4.69, 9.17) is 0 Å². The molecule has 0 spiro atoms. The molecule has 1 amide bonds. The minimum Gasteiger partial charge on any atom is -0.352 e. The van der Waals surface area contributed by atoms with Crippen molar-refractivity contribution in [2.24, 2.45) is 0 Å². The maximum absolute atomic E-state index is 12.3. The van der Waals surface area contributed by atoms with Crippen molar-refractivity contribution in [3.63, 3.8) is 0 Å². The summed E-state index contributed by atoms with van der Waals surface area (Å²) < 4.78 is 0. The fourth-order valence-electron chi connectivity index (χ4n) is 2.49. The SMILES string of the molecule is Cc1ccc(N2CCN(C(=O)C3CSCN3)CC2)nn1. The smallest absolute Gasteiger partial charge is 0.240 e. The first-order valence-electron chi connectivity index (χ1n) is 6.89. The molecule has 7 heteroatoms. The molecule has 6 nitrogen and oxygen atoms in total. The van der Waals surface area contributed by atoms with E-state index in [1.54, 1.807) is 11.8 Å². The number of anilines is 1. The zero-order valence-corrected chi connectivity index (χ0v) is 12.4. The Hall–Kier alpha value is -1.34. The molecule has 0 bridgehead atoms. The molecule has 0 saturated carbocycles. The molecular weight excluding hydrogens is 274 g/mol. The van der Waals surface area contributed by atoms with Gasteiger partial charge in [-0.05, 0) is 19.1 Å². The largest absolute Gasteiger partial charge is 0.352 e. The predicted octanol–water partition coefficient (Wildman–Crippen LogP) is 0.0961. The number of hydrogen-bond acceptors (Lipinski definition) is 6. The lowest BCUT2D eigenvalue weighted by molar-refractivity contribution is -0.132. The molecule has 0 aromatic carbocycles. The molecule has 108 valence electrons. The summed E-state index contributed by atoms with van der Waals surface area (Å²) in [5.74, 6) is 2.92. The summed E-state index contributed by atoms with van der Waals surface area (Å²) in [5, 5.41) is 11.5. The van der Waals surface area contributed by atoms with Crippen molar-refractivity contribution in [1.82, 2.24) is 20.4 Å². The number of rotatable bonds is 2. The summed E-state index contributed by atoms with van der Waals surface area (Å²) in [6, 6.07) is 3.97. The highest BCUT2D eigenvalue weighted by Crippen LogP contribution is 2.16. The van der Waals surface area contributed by atoms with Gasteiger partial charge in [-0.25, -0.2) is 0 Å². The Labute approximate surface area is 122 Å². The summed E-state index contributed by atoms with van der Waals surface area (Å²) in [4.78, 5) is 16.4. The molecule has 2 fully saturated rings. The van der Waals surface area contributed by atoms with Gasteiger partial charge in [0.05, 0.1) is 11.7 Å². The van der Waals surface area contributed by atoms with Gasteiger partial charge in [0.2, 0.25) is 5.91 Å². The predicted molar refractivity (Wildman–Crippen MR) is 79.8 cm³/mol. The number of thioether (sulfide) groups is 1. The van der Waals surface area contributed by atoms with Crippen molar-refractivity contribution in [3.05, 3.63) is 17.8 Å². The molecule has 2 aliphatic rings. The number of nitrogens with one attached hydrogen (secondary N) is 1. The van der Waals surface area contributed by atoms with Crippen LogP contribution in [0.4, 0.5) is 5.82 Å². The molecular formula is C13H19N5OS. The van der Waals surface area contributed by atoms with Crippen molar-refractivity contribution in [3.8, 4) is 0 Å². The highest BCUT2D eigenvalue weighted by molar-refractivity contribution is 7.99. The molecule has 0 aliphatic carbocycles. The molecule has 0 radical (unpaired) electrons. The Morgan fingerprint density at radius 2 is 2.10 bits per heavy atom. The van der Waals surface area contributed by atoms with Gasteiger partial charge < -0.3 is 9.80 Å². The van der Waals surface area contributed by atoms with Gasteiger partial charge in [0, 0.05) is 37.8 Å². The van der Waals surface area contributed by atoms with E-state index in [1.807, 2.05) is 24.0 Å².